The van der Waals surface area contributed by atoms with E-state index in [0.717, 1.165) is 0 Å². The van der Waals surface area contributed by atoms with Crippen molar-refractivity contribution < 1.29 is 19.4 Å². The van der Waals surface area contributed by atoms with Crippen LogP contribution in [0.4, 0.5) is 0 Å². The van der Waals surface area contributed by atoms with Crippen molar-refractivity contribution in [2.24, 2.45) is 0 Å². The molecule has 0 saturated carbocycles. The van der Waals surface area contributed by atoms with Gasteiger partial charge in [-0.05, 0) is 34.9 Å². The molecule has 0 spiro atoms. The topological polar surface area (TPSA) is 87.5 Å². The van der Waals surface area contributed by atoms with Crippen molar-refractivity contribution in [3.05, 3.63) is 59.2 Å². The quantitative estimate of drug-likeness (QED) is 0.667. The summed E-state index contributed by atoms with van der Waals surface area (Å²) in [6.07, 6.45) is 1.18. The van der Waals surface area contributed by atoms with E-state index >= 15 is 0 Å². The van der Waals surface area contributed by atoms with Gasteiger partial charge >= 0.3 is 11.9 Å². The van der Waals surface area contributed by atoms with Crippen molar-refractivity contribution in [3.63, 3.8) is 0 Å². The van der Waals surface area contributed by atoms with Crippen LogP contribution in [0.15, 0.2) is 42.5 Å². The van der Waals surface area contributed by atoms with Crippen LogP contribution in [0.3, 0.4) is 0 Å². The summed E-state index contributed by atoms with van der Waals surface area (Å²) in [5.74, 6) is -1.74. The highest BCUT2D eigenvalue weighted by Gasteiger charge is 2.14. The molecule has 2 aromatic carbocycles. The van der Waals surface area contributed by atoms with Gasteiger partial charge in [-0.15, -0.1) is 0 Å². The van der Waals surface area contributed by atoms with Gasteiger partial charge in [0.05, 0.1) is 18.2 Å². The molecule has 0 fully saturated rings. The molecule has 5 nitrogen and oxygen atoms in total. The third-order valence-corrected chi connectivity index (χ3v) is 3.03. The Morgan fingerprint density at radius 1 is 1.14 bits per heavy atom. The van der Waals surface area contributed by atoms with Crippen LogP contribution in [0.5, 0.6) is 0 Å². The lowest BCUT2D eigenvalue weighted by molar-refractivity contribution is 0.0601. The second-order valence-electron chi connectivity index (χ2n) is 4.33. The molecule has 2 aromatic rings. The Morgan fingerprint density at radius 3 is 2.43 bits per heavy atom. The Morgan fingerprint density at radius 2 is 1.81 bits per heavy atom. The summed E-state index contributed by atoms with van der Waals surface area (Å²) in [6.45, 7) is 0. The van der Waals surface area contributed by atoms with E-state index in [0.29, 0.717) is 16.7 Å². The summed E-state index contributed by atoms with van der Waals surface area (Å²) in [7, 11) is 1.24. The van der Waals surface area contributed by atoms with Crippen LogP contribution in [-0.2, 0) is 4.74 Å². The number of ether oxygens (including phenoxy) is 1. The molecule has 0 saturated heterocycles. The second kappa shape index (κ2) is 6.00. The Balaban J connectivity index is 2.67. The first-order valence-electron chi connectivity index (χ1n) is 6.13. The number of carboxylic acid groups (broad SMARTS) is 1. The fraction of sp³-hybridized carbons (Fsp3) is 0.0625. The van der Waals surface area contributed by atoms with Gasteiger partial charge in [-0.2, -0.15) is 0 Å². The minimum Gasteiger partial charge on any atom is -0.478 e. The van der Waals surface area contributed by atoms with Crippen molar-refractivity contribution in [2.45, 2.75) is 0 Å². The predicted molar refractivity (Wildman–Crippen MR) is 78.1 cm³/mol. The van der Waals surface area contributed by atoms with Crippen LogP contribution >= 0.6 is 0 Å². The van der Waals surface area contributed by atoms with Crippen LogP contribution in [0.25, 0.3) is 11.1 Å². The second-order valence-corrected chi connectivity index (χ2v) is 4.33. The fourth-order valence-corrected chi connectivity index (χ4v) is 2.03. The fourth-order valence-electron chi connectivity index (χ4n) is 2.03. The lowest BCUT2D eigenvalue weighted by Crippen LogP contribution is -2.05. The van der Waals surface area contributed by atoms with E-state index in [2.05, 4.69) is 4.74 Å². The van der Waals surface area contributed by atoms with E-state index in [1.54, 1.807) is 30.3 Å². The van der Waals surface area contributed by atoms with Gasteiger partial charge in [0.15, 0.2) is 0 Å². The van der Waals surface area contributed by atoms with E-state index < -0.39 is 11.9 Å². The smallest absolute Gasteiger partial charge is 0.337 e. The Kier molecular flexibility index (Phi) is 4.13. The molecule has 0 aromatic heterocycles. The molecule has 0 aliphatic carbocycles. The SMILES string of the molecule is COC(=O)c1cc(C(=O)O)cc(-c2ccccc2C=N)c1. The van der Waals surface area contributed by atoms with Gasteiger partial charge in [0, 0.05) is 6.21 Å². The summed E-state index contributed by atoms with van der Waals surface area (Å²) in [4.78, 5) is 22.9. The van der Waals surface area contributed by atoms with Crippen molar-refractivity contribution in [1.29, 1.82) is 5.41 Å². The molecule has 0 aliphatic heterocycles. The Hall–Kier alpha value is -2.95. The number of benzene rings is 2. The van der Waals surface area contributed by atoms with Crippen molar-refractivity contribution in [1.82, 2.24) is 0 Å². The standard InChI is InChI=1S/C16H13NO4/c1-21-16(20)13-7-11(6-12(8-13)15(18)19)14-5-3-2-4-10(14)9-17/h2-9,17H,1H3,(H,18,19). The molecule has 0 heterocycles. The first-order chi connectivity index (χ1) is 10.1. The number of carbonyl (C=O) groups is 2. The van der Waals surface area contributed by atoms with E-state index in [-0.39, 0.29) is 11.1 Å². The van der Waals surface area contributed by atoms with E-state index in [4.69, 9.17) is 10.5 Å². The van der Waals surface area contributed by atoms with Gasteiger partial charge < -0.3 is 15.3 Å². The molecule has 2 N–H and O–H groups in total. The predicted octanol–water partition coefficient (Wildman–Crippen LogP) is 2.84. The molecule has 2 rings (SSSR count). The average molecular weight is 283 g/mol. The largest absolute Gasteiger partial charge is 0.478 e. The molecular formula is C16H13NO4. The lowest BCUT2D eigenvalue weighted by atomic mass is 9.96. The van der Waals surface area contributed by atoms with Gasteiger partial charge in [0.25, 0.3) is 0 Å². The van der Waals surface area contributed by atoms with Crippen LogP contribution < -0.4 is 0 Å². The highest BCUT2D eigenvalue weighted by atomic mass is 16.5. The number of esters is 1. The van der Waals surface area contributed by atoms with Gasteiger partial charge in [-0.1, -0.05) is 24.3 Å². The summed E-state index contributed by atoms with van der Waals surface area (Å²) >= 11 is 0. The Bertz CT molecular complexity index is 722. The molecule has 0 amide bonds. The highest BCUT2D eigenvalue weighted by Crippen LogP contribution is 2.25. The zero-order chi connectivity index (χ0) is 15.4. The number of aromatic carboxylic acids is 1. The normalized spacial score (nSPS) is 9.95. The summed E-state index contributed by atoms with van der Waals surface area (Å²) in [5, 5.41) is 16.6. The molecule has 0 aliphatic rings. The first kappa shape index (κ1) is 14.5. The maximum atomic E-state index is 11.7. The van der Waals surface area contributed by atoms with Crippen LogP contribution in [-0.4, -0.2) is 30.4 Å². The number of hydrogen-bond donors (Lipinski definition) is 2. The third-order valence-electron chi connectivity index (χ3n) is 3.03. The van der Waals surface area contributed by atoms with E-state index in [1.807, 2.05) is 0 Å². The number of nitrogens with one attached hydrogen (secondary N) is 1. The highest BCUT2D eigenvalue weighted by molar-refractivity contribution is 5.98. The summed E-state index contributed by atoms with van der Waals surface area (Å²) in [6, 6.07) is 11.4. The molecule has 0 bridgehead atoms. The molecule has 0 radical (unpaired) electrons. The van der Waals surface area contributed by atoms with E-state index in [1.165, 1.54) is 25.5 Å². The zero-order valence-electron chi connectivity index (χ0n) is 11.3. The number of carboxylic acids is 1. The minimum atomic E-state index is -1.13. The van der Waals surface area contributed by atoms with Crippen molar-refractivity contribution >= 4 is 18.2 Å². The van der Waals surface area contributed by atoms with Crippen LogP contribution in [0, 0.1) is 5.41 Å². The van der Waals surface area contributed by atoms with Crippen LogP contribution in [0.2, 0.25) is 0 Å². The van der Waals surface area contributed by atoms with Crippen molar-refractivity contribution in [2.75, 3.05) is 7.11 Å². The number of rotatable bonds is 4. The molecule has 106 valence electrons. The minimum absolute atomic E-state index is 0.00677. The van der Waals surface area contributed by atoms with Gasteiger partial charge in [0.1, 0.15) is 0 Å². The van der Waals surface area contributed by atoms with Gasteiger partial charge in [-0.25, -0.2) is 9.59 Å². The van der Waals surface area contributed by atoms with Crippen LogP contribution in [0.1, 0.15) is 26.3 Å². The number of methoxy groups -OCH3 is 1. The number of hydrogen-bond acceptors (Lipinski definition) is 4. The average Bonchev–Trinajstić information content (AvgIpc) is 2.53. The zero-order valence-corrected chi connectivity index (χ0v) is 11.3. The monoisotopic (exact) mass is 283 g/mol. The lowest BCUT2D eigenvalue weighted by Gasteiger charge is -2.09. The molecule has 21 heavy (non-hydrogen) atoms. The van der Waals surface area contributed by atoms with Gasteiger partial charge in [-0.3, -0.25) is 0 Å². The Labute approximate surface area is 121 Å². The van der Waals surface area contributed by atoms with Crippen molar-refractivity contribution in [3.8, 4) is 11.1 Å². The molecular weight excluding hydrogens is 270 g/mol. The maximum Gasteiger partial charge on any atom is 0.337 e. The summed E-state index contributed by atoms with van der Waals surface area (Å²) < 4.78 is 4.64. The third kappa shape index (κ3) is 2.97. The van der Waals surface area contributed by atoms with Gasteiger partial charge in [0.2, 0.25) is 0 Å². The number of carbonyl (C=O) groups excluding carboxylic acids is 1. The first-order valence-corrected chi connectivity index (χ1v) is 6.13. The summed E-state index contributed by atoms with van der Waals surface area (Å²) in [5.41, 5.74) is 2.02. The van der Waals surface area contributed by atoms with E-state index in [9.17, 15) is 9.59 Å². The maximum absolute atomic E-state index is 11.7. The molecule has 0 unspecified atom stereocenters. The molecule has 5 heteroatoms. The molecule has 0 atom stereocenters.